The third-order valence-corrected chi connectivity index (χ3v) is 4.48. The number of aromatic nitrogens is 1. The summed E-state index contributed by atoms with van der Waals surface area (Å²) in [6.45, 7) is 23.0. The quantitative estimate of drug-likeness (QED) is 0.359. The first-order valence-electron chi connectivity index (χ1n) is 12.7. The van der Waals surface area contributed by atoms with Crippen LogP contribution in [-0.2, 0) is 12.8 Å². The van der Waals surface area contributed by atoms with E-state index in [4.69, 9.17) is 0 Å². The Balaban J connectivity index is 0. The Labute approximate surface area is 210 Å². The first kappa shape index (κ1) is 33.2. The number of rotatable bonds is 10. The van der Waals surface area contributed by atoms with Gasteiger partial charge in [0.25, 0.3) is 0 Å². The van der Waals surface area contributed by atoms with Gasteiger partial charge in [-0.15, -0.1) is 0 Å². The largest absolute Gasteiger partial charge is 0.383 e. The molecule has 0 radical (unpaired) electrons. The minimum Gasteiger partial charge on any atom is -0.383 e. The molecule has 0 aliphatic heterocycles. The van der Waals surface area contributed by atoms with Gasteiger partial charge in [0.15, 0.2) is 0 Å². The summed E-state index contributed by atoms with van der Waals surface area (Å²) in [5.74, 6) is 0. The molecular formula is C31H49N3. The molecule has 1 heterocycles. The molecule has 2 rings (SSSR count). The van der Waals surface area contributed by atoms with Crippen molar-refractivity contribution in [3.63, 3.8) is 0 Å². The van der Waals surface area contributed by atoms with Crippen LogP contribution in [0.1, 0.15) is 78.1 Å². The van der Waals surface area contributed by atoms with E-state index in [-0.39, 0.29) is 0 Å². The number of hydrogen-bond donors (Lipinski definition) is 1. The normalized spacial score (nSPS) is 10.1. The Bertz CT molecular complexity index is 816. The molecule has 0 atom stereocenters. The van der Waals surface area contributed by atoms with Crippen molar-refractivity contribution in [2.24, 2.45) is 4.99 Å². The second-order valence-electron chi connectivity index (χ2n) is 7.14. The molecule has 188 valence electrons. The van der Waals surface area contributed by atoms with Gasteiger partial charge in [-0.05, 0) is 61.1 Å². The van der Waals surface area contributed by atoms with Gasteiger partial charge >= 0.3 is 0 Å². The average molecular weight is 464 g/mol. The molecule has 0 aliphatic rings. The maximum Gasteiger partial charge on any atom is 0.0854 e. The number of nitrogens with zero attached hydrogens (tertiary/aromatic N) is 2. The van der Waals surface area contributed by atoms with Crippen molar-refractivity contribution < 1.29 is 0 Å². The minimum absolute atomic E-state index is 0.878. The number of nitrogens with one attached hydrogen (secondary N) is 1. The van der Waals surface area contributed by atoms with E-state index < -0.39 is 0 Å². The van der Waals surface area contributed by atoms with E-state index in [9.17, 15) is 0 Å². The van der Waals surface area contributed by atoms with E-state index in [2.05, 4.69) is 72.6 Å². The molecule has 0 amide bonds. The number of aryl methyl sites for hydroxylation is 1. The molecule has 0 saturated carbocycles. The Hall–Kier alpha value is -2.94. The van der Waals surface area contributed by atoms with E-state index in [0.29, 0.717) is 0 Å². The lowest BCUT2D eigenvalue weighted by molar-refractivity contribution is 0.843. The predicted molar refractivity (Wildman–Crippen MR) is 156 cm³/mol. The molecule has 0 saturated heterocycles. The maximum atomic E-state index is 4.27. The van der Waals surface area contributed by atoms with Gasteiger partial charge in [-0.25, -0.2) is 0 Å². The highest BCUT2D eigenvalue weighted by Gasteiger charge is 1.99. The fourth-order valence-corrected chi connectivity index (χ4v) is 2.79. The molecule has 1 aromatic carbocycles. The lowest BCUT2D eigenvalue weighted by Crippen LogP contribution is -2.15. The van der Waals surface area contributed by atoms with Crippen LogP contribution in [0.3, 0.4) is 0 Å². The van der Waals surface area contributed by atoms with Crippen molar-refractivity contribution in [2.45, 2.75) is 74.1 Å². The lowest BCUT2D eigenvalue weighted by atomic mass is 10.1. The fourth-order valence-electron chi connectivity index (χ4n) is 2.79. The highest BCUT2D eigenvalue weighted by Crippen LogP contribution is 2.08. The molecule has 34 heavy (non-hydrogen) atoms. The summed E-state index contributed by atoms with van der Waals surface area (Å²) >= 11 is 0. The molecular weight excluding hydrogens is 414 g/mol. The zero-order valence-electron chi connectivity index (χ0n) is 23.1. The summed E-state index contributed by atoms with van der Waals surface area (Å²) in [5.41, 5.74) is 6.57. The summed E-state index contributed by atoms with van der Waals surface area (Å²) in [6, 6.07) is 14.7. The molecule has 1 N–H and O–H groups in total. The van der Waals surface area contributed by atoms with E-state index in [1.54, 1.807) is 13.2 Å². The molecule has 0 aliphatic carbocycles. The number of pyridine rings is 1. The van der Waals surface area contributed by atoms with Crippen LogP contribution in [0.15, 0.2) is 84.5 Å². The van der Waals surface area contributed by atoms with Crippen LogP contribution in [0.2, 0.25) is 0 Å². The van der Waals surface area contributed by atoms with Crippen LogP contribution in [0, 0.1) is 0 Å². The lowest BCUT2D eigenvalue weighted by Gasteiger charge is -2.09. The van der Waals surface area contributed by atoms with E-state index in [0.717, 1.165) is 48.5 Å². The van der Waals surface area contributed by atoms with E-state index >= 15 is 0 Å². The monoisotopic (exact) mass is 463 g/mol. The molecule has 0 unspecified atom stereocenters. The highest BCUT2D eigenvalue weighted by molar-refractivity contribution is 6.07. The molecule has 3 nitrogen and oxygen atoms in total. The number of allylic oxidation sites excluding steroid dienone is 3. The van der Waals surface area contributed by atoms with Crippen LogP contribution in [0.4, 0.5) is 0 Å². The summed E-state index contributed by atoms with van der Waals surface area (Å²) in [7, 11) is 1.78. The van der Waals surface area contributed by atoms with Crippen LogP contribution in [0.5, 0.6) is 0 Å². The van der Waals surface area contributed by atoms with Gasteiger partial charge in [0, 0.05) is 19.8 Å². The third-order valence-electron chi connectivity index (χ3n) is 4.48. The smallest absolute Gasteiger partial charge is 0.0854 e. The first-order chi connectivity index (χ1) is 16.5. The van der Waals surface area contributed by atoms with Gasteiger partial charge in [-0.1, -0.05) is 97.5 Å². The van der Waals surface area contributed by atoms with Crippen molar-refractivity contribution in [2.75, 3.05) is 13.6 Å². The average Bonchev–Trinajstić information content (AvgIpc) is 2.89. The topological polar surface area (TPSA) is 37.3 Å². The SMILES string of the molecule is C=C(C)C(/C=C\CC)=NC.C=C(NCCc1ccc(CCC)cc1)c1ccccn1.CC.CC. The fraction of sp³-hybridized carbons (Fsp3) is 0.419. The second kappa shape index (κ2) is 23.2. The maximum absolute atomic E-state index is 4.27. The molecule has 0 bridgehead atoms. The minimum atomic E-state index is 0.878. The molecule has 2 aromatic rings. The molecule has 0 fully saturated rings. The second-order valence-corrected chi connectivity index (χ2v) is 7.14. The number of hydrogen-bond acceptors (Lipinski definition) is 3. The molecule has 0 spiro atoms. The van der Waals surface area contributed by atoms with Crippen molar-refractivity contribution in [3.8, 4) is 0 Å². The standard InChI is InChI=1S/C18H22N2.C9H15N.2C2H6/c1-3-6-16-8-10-17(11-9-16)12-14-19-15(2)18-7-4-5-13-20-18;1-5-6-7-9(10-4)8(2)3;2*1-2/h4-5,7-11,13,19H,2-3,6,12,14H2,1H3;6-7H,2,5H2,1,3-4H3;2*1-2H3/b;7-6-,10-9?;;. The number of benzene rings is 1. The molecule has 3 heteroatoms. The first-order valence-corrected chi connectivity index (χ1v) is 12.7. The Morgan fingerprint density at radius 1 is 0.941 bits per heavy atom. The van der Waals surface area contributed by atoms with Crippen LogP contribution in [0.25, 0.3) is 5.70 Å². The highest BCUT2D eigenvalue weighted by atomic mass is 14.9. The van der Waals surface area contributed by atoms with Gasteiger partial charge in [-0.3, -0.25) is 9.98 Å². The Morgan fingerprint density at radius 2 is 1.53 bits per heavy atom. The van der Waals surface area contributed by atoms with Crippen LogP contribution >= 0.6 is 0 Å². The summed E-state index contributed by atoms with van der Waals surface area (Å²) < 4.78 is 0. The van der Waals surface area contributed by atoms with Crippen molar-refractivity contribution in [1.29, 1.82) is 0 Å². The predicted octanol–water partition coefficient (Wildman–Crippen LogP) is 8.49. The van der Waals surface area contributed by atoms with Crippen molar-refractivity contribution >= 4 is 11.4 Å². The third kappa shape index (κ3) is 15.8. The van der Waals surface area contributed by atoms with Crippen LogP contribution < -0.4 is 5.32 Å². The van der Waals surface area contributed by atoms with Gasteiger partial charge in [-0.2, -0.15) is 0 Å². The Kier molecular flexibility index (Phi) is 22.7. The van der Waals surface area contributed by atoms with E-state index in [1.807, 2.05) is 58.9 Å². The zero-order valence-corrected chi connectivity index (χ0v) is 23.1. The summed E-state index contributed by atoms with van der Waals surface area (Å²) in [4.78, 5) is 8.33. The van der Waals surface area contributed by atoms with Crippen LogP contribution in [-0.4, -0.2) is 24.3 Å². The summed E-state index contributed by atoms with van der Waals surface area (Å²) in [6.07, 6.45) is 10.3. The van der Waals surface area contributed by atoms with Gasteiger partial charge in [0.2, 0.25) is 0 Å². The van der Waals surface area contributed by atoms with Gasteiger partial charge in [0.1, 0.15) is 0 Å². The van der Waals surface area contributed by atoms with Gasteiger partial charge < -0.3 is 5.32 Å². The van der Waals surface area contributed by atoms with Gasteiger partial charge in [0.05, 0.1) is 17.1 Å². The van der Waals surface area contributed by atoms with Crippen molar-refractivity contribution in [3.05, 3.63) is 96.4 Å². The zero-order chi connectivity index (χ0) is 26.2. The Morgan fingerprint density at radius 3 is 1.97 bits per heavy atom. The van der Waals surface area contributed by atoms with E-state index in [1.165, 1.54) is 17.5 Å². The molecule has 1 aromatic heterocycles. The summed E-state index contributed by atoms with van der Waals surface area (Å²) in [5, 5.41) is 3.33. The van der Waals surface area contributed by atoms with Crippen molar-refractivity contribution in [1.82, 2.24) is 10.3 Å². The number of aliphatic imine (C=N–C) groups is 1.